The van der Waals surface area contributed by atoms with Crippen molar-refractivity contribution in [1.29, 1.82) is 0 Å². The van der Waals surface area contributed by atoms with Gasteiger partial charge in [-0.15, -0.1) is 0 Å². The van der Waals surface area contributed by atoms with Gasteiger partial charge in [-0.2, -0.15) is 0 Å². The molecule has 3 aromatic carbocycles. The molecule has 3 aromatic rings. The van der Waals surface area contributed by atoms with Crippen molar-refractivity contribution in [3.63, 3.8) is 0 Å². The topological polar surface area (TPSA) is 65.0 Å². The number of isocyanates is 1. The maximum absolute atomic E-state index is 13.2. The predicted molar refractivity (Wildman–Crippen MR) is 118 cm³/mol. The van der Waals surface area contributed by atoms with Crippen LogP contribution in [-0.4, -0.2) is 24.8 Å². The molecule has 0 saturated carbocycles. The van der Waals surface area contributed by atoms with Crippen LogP contribution in [0.3, 0.4) is 0 Å². The van der Waals surface area contributed by atoms with Crippen LogP contribution in [0.25, 0.3) is 0 Å². The van der Waals surface area contributed by atoms with Gasteiger partial charge in [-0.3, -0.25) is 0 Å². The predicted octanol–water partition coefficient (Wildman–Crippen LogP) is 4.32. The maximum atomic E-state index is 13.2. The number of benzene rings is 3. The number of carbonyl (C=O) groups excluding carboxylic acids is 2. The molecule has 0 aromatic heterocycles. The Morgan fingerprint density at radius 3 is 1.97 bits per heavy atom. The van der Waals surface area contributed by atoms with Crippen LogP contribution in [-0.2, 0) is 18.8 Å². The van der Waals surface area contributed by atoms with E-state index in [0.29, 0.717) is 15.6 Å². The van der Waals surface area contributed by atoms with Crippen molar-refractivity contribution in [2.24, 2.45) is 4.76 Å². The molecule has 0 aliphatic carbocycles. The zero-order valence-electron chi connectivity index (χ0n) is 16.1. The number of esters is 1. The molecule has 4 rings (SSSR count). The average molecular weight is 440 g/mol. The summed E-state index contributed by atoms with van der Waals surface area (Å²) >= 11 is 6.03. The van der Waals surface area contributed by atoms with Crippen LogP contribution in [0.2, 0.25) is 5.02 Å². The van der Waals surface area contributed by atoms with Crippen molar-refractivity contribution in [2.75, 3.05) is 7.11 Å². The third-order valence-corrected chi connectivity index (χ3v) is 11.0. The van der Waals surface area contributed by atoms with Crippen molar-refractivity contribution in [1.82, 2.24) is 0 Å². The number of carbonyl (C=O) groups is 1. The van der Waals surface area contributed by atoms with Gasteiger partial charge in [0.15, 0.2) is 0 Å². The van der Waals surface area contributed by atoms with E-state index in [1.807, 2.05) is 60.7 Å². The Balaban J connectivity index is 2.04. The molecule has 5 nitrogen and oxygen atoms in total. The van der Waals surface area contributed by atoms with Gasteiger partial charge >= 0.3 is 179 Å². The Morgan fingerprint density at radius 2 is 1.50 bits per heavy atom. The van der Waals surface area contributed by atoms with E-state index in [0.717, 1.165) is 5.56 Å². The minimum absolute atomic E-state index is 0.495. The molecule has 7 heteroatoms. The molecule has 0 amide bonds. The van der Waals surface area contributed by atoms with E-state index < -0.39 is 24.7 Å². The first-order valence-corrected chi connectivity index (χ1v) is 11.9. The second-order valence-electron chi connectivity index (χ2n) is 6.96. The normalized spacial score (nSPS) is 22.4. The summed E-state index contributed by atoms with van der Waals surface area (Å²) in [5, 5.41) is 1.90. The van der Waals surface area contributed by atoms with Crippen LogP contribution in [0.4, 0.5) is 0 Å². The van der Waals surface area contributed by atoms with Gasteiger partial charge in [-0.25, -0.2) is 0 Å². The molecule has 0 bridgehead atoms. The summed E-state index contributed by atoms with van der Waals surface area (Å²) in [6.45, 7) is -4.14. The number of halogens is 1. The van der Waals surface area contributed by atoms with E-state index in [2.05, 4.69) is 4.76 Å². The van der Waals surface area contributed by atoms with Crippen molar-refractivity contribution in [3.8, 4) is 0 Å². The number of hydrogen-bond donors (Lipinski definition) is 0. The van der Waals surface area contributed by atoms with Crippen molar-refractivity contribution < 1.29 is 18.8 Å². The molecular weight excluding hydrogens is 421 g/mol. The van der Waals surface area contributed by atoms with Crippen molar-refractivity contribution in [3.05, 3.63) is 95.5 Å². The molecule has 0 radical (unpaired) electrons. The first kappa shape index (κ1) is 20.5. The molecule has 2 unspecified atom stereocenters. The van der Waals surface area contributed by atoms with Crippen LogP contribution in [0.15, 0.2) is 89.7 Å². The fourth-order valence-corrected chi connectivity index (χ4v) is 9.43. The SMILES string of the molecule is COC(=O)C1C(c2ccc(Cl)cc2)OP1(N=C=O)(c1ccccc1)c1ccccc1. The van der Waals surface area contributed by atoms with E-state index in [1.54, 1.807) is 30.3 Å². The zero-order valence-corrected chi connectivity index (χ0v) is 17.8. The van der Waals surface area contributed by atoms with Gasteiger partial charge in [0.25, 0.3) is 0 Å². The molecule has 152 valence electrons. The van der Waals surface area contributed by atoms with E-state index in [9.17, 15) is 9.59 Å². The molecule has 30 heavy (non-hydrogen) atoms. The third-order valence-electron chi connectivity index (χ3n) is 5.52. The Labute approximate surface area is 179 Å². The van der Waals surface area contributed by atoms with E-state index >= 15 is 0 Å². The van der Waals surface area contributed by atoms with E-state index in [4.69, 9.17) is 20.9 Å². The summed E-state index contributed by atoms with van der Waals surface area (Å²) in [6, 6.07) is 25.4. The second kappa shape index (κ2) is 7.79. The Bertz CT molecular complexity index is 1080. The summed E-state index contributed by atoms with van der Waals surface area (Å²) in [5.74, 6) is -0.495. The van der Waals surface area contributed by atoms with Crippen LogP contribution in [0.5, 0.6) is 0 Å². The van der Waals surface area contributed by atoms with Crippen LogP contribution < -0.4 is 10.6 Å². The van der Waals surface area contributed by atoms with Gasteiger partial charge in [0, 0.05) is 0 Å². The summed E-state index contributed by atoms with van der Waals surface area (Å²) < 4.78 is 16.2. The standard InChI is InChI=1S/C23H19ClNO4P/c1-28-23(27)22-21(17-12-14-18(24)15-13-17)29-30(22,25-16-26,19-8-4-2-5-9-19)20-10-6-3-7-11-20/h2-15,21-22H,1H3. The number of hydrogen-bond acceptors (Lipinski definition) is 5. The number of methoxy groups -OCH3 is 1. The summed E-state index contributed by atoms with van der Waals surface area (Å²) in [5.41, 5.74) is -0.0866. The summed E-state index contributed by atoms with van der Waals surface area (Å²) in [7, 11) is 1.33. The first-order valence-electron chi connectivity index (χ1n) is 9.31. The van der Waals surface area contributed by atoms with Gasteiger partial charge in [-0.05, 0) is 0 Å². The molecule has 1 aliphatic rings. The van der Waals surface area contributed by atoms with Gasteiger partial charge in [0.2, 0.25) is 0 Å². The average Bonchev–Trinajstić information content (AvgIpc) is 2.78. The van der Waals surface area contributed by atoms with E-state index in [1.165, 1.54) is 7.11 Å². The molecule has 1 saturated heterocycles. The van der Waals surface area contributed by atoms with Crippen LogP contribution in [0.1, 0.15) is 11.7 Å². The van der Waals surface area contributed by atoms with Gasteiger partial charge in [0.1, 0.15) is 0 Å². The van der Waals surface area contributed by atoms with E-state index in [-0.39, 0.29) is 0 Å². The molecule has 1 fully saturated rings. The Kier molecular flexibility index (Phi) is 5.31. The molecule has 1 heterocycles. The molecule has 0 spiro atoms. The number of ether oxygens (including phenoxy) is 1. The Hall–Kier alpha value is -2.81. The molecular formula is C23H19ClNO4P. The molecule has 1 aliphatic heterocycles. The summed E-state index contributed by atoms with van der Waals surface area (Å²) in [6.07, 6.45) is 1.07. The van der Waals surface area contributed by atoms with Crippen LogP contribution in [0, 0.1) is 0 Å². The second-order valence-corrected chi connectivity index (χ2v) is 11.5. The first-order chi connectivity index (χ1) is 14.6. The third kappa shape index (κ3) is 2.83. The molecule has 2 atom stereocenters. The fourth-order valence-electron chi connectivity index (χ4n) is 4.18. The Morgan fingerprint density at radius 1 is 0.967 bits per heavy atom. The monoisotopic (exact) mass is 439 g/mol. The van der Waals surface area contributed by atoms with Gasteiger partial charge in [-0.1, -0.05) is 0 Å². The van der Waals surface area contributed by atoms with Crippen molar-refractivity contribution in [2.45, 2.75) is 11.8 Å². The number of nitrogens with zero attached hydrogens (tertiary/aromatic N) is 1. The zero-order chi connectivity index (χ0) is 21.2. The van der Waals surface area contributed by atoms with Crippen LogP contribution >= 0.6 is 18.6 Å². The minimum atomic E-state index is -4.14. The number of rotatable bonds is 5. The van der Waals surface area contributed by atoms with Gasteiger partial charge in [0.05, 0.1) is 0 Å². The fraction of sp³-hybridized carbons (Fsp3) is 0.130. The van der Waals surface area contributed by atoms with Crippen molar-refractivity contribution >= 4 is 41.2 Å². The summed E-state index contributed by atoms with van der Waals surface area (Å²) in [4.78, 5) is 25.0. The molecule has 0 N–H and O–H groups in total. The van der Waals surface area contributed by atoms with Gasteiger partial charge < -0.3 is 0 Å². The quantitative estimate of drug-likeness (QED) is 0.257.